The molecule has 2 aliphatic heterocycles. The Morgan fingerprint density at radius 1 is 1.60 bits per heavy atom. The summed E-state index contributed by atoms with van der Waals surface area (Å²) in [5.41, 5.74) is 3.41. The number of halogens is 1. The van der Waals surface area contributed by atoms with E-state index in [2.05, 4.69) is 15.8 Å². The number of cyclic esters (lactones) is 1. The van der Waals surface area contributed by atoms with Crippen LogP contribution in [-0.2, 0) is 9.53 Å². The van der Waals surface area contributed by atoms with Crippen LogP contribution in [0.5, 0.6) is 0 Å². The van der Waals surface area contributed by atoms with Gasteiger partial charge >= 0.3 is 6.09 Å². The van der Waals surface area contributed by atoms with Gasteiger partial charge in [0.25, 0.3) is 0 Å². The number of thiocarbonyl (C=S) groups is 1. The van der Waals surface area contributed by atoms with Crippen molar-refractivity contribution in [1.82, 2.24) is 10.7 Å². The summed E-state index contributed by atoms with van der Waals surface area (Å²) in [6.07, 6.45) is -1.04. The van der Waals surface area contributed by atoms with E-state index in [0.29, 0.717) is 27.0 Å². The van der Waals surface area contributed by atoms with Crippen molar-refractivity contribution in [3.05, 3.63) is 29.6 Å². The Kier molecular flexibility index (Phi) is 5.19. The smallest absolute Gasteiger partial charge is 0.414 e. The maximum atomic E-state index is 14.5. The van der Waals surface area contributed by atoms with Crippen LogP contribution < -0.4 is 15.6 Å². The summed E-state index contributed by atoms with van der Waals surface area (Å²) < 4.78 is 19.6. The molecule has 2 heterocycles. The lowest BCUT2D eigenvalue weighted by Crippen LogP contribution is -2.33. The van der Waals surface area contributed by atoms with Gasteiger partial charge in [-0.3, -0.25) is 15.1 Å². The molecule has 0 unspecified atom stereocenters. The summed E-state index contributed by atoms with van der Waals surface area (Å²) in [4.78, 5) is 24.9. The third-order valence-electron chi connectivity index (χ3n) is 3.57. The number of thioether (sulfide) groups is 1. The van der Waals surface area contributed by atoms with Crippen LogP contribution in [0.15, 0.2) is 23.3 Å². The molecular weight excluding hydrogens is 367 g/mol. The molecule has 0 aliphatic carbocycles. The second-order valence-corrected chi connectivity index (χ2v) is 6.92. The molecule has 7 nitrogen and oxygen atoms in total. The quantitative estimate of drug-likeness (QED) is 0.770. The number of carbonyl (C=O) groups excluding carboxylic acids is 2. The van der Waals surface area contributed by atoms with Gasteiger partial charge in [0.05, 0.1) is 24.5 Å². The largest absolute Gasteiger partial charge is 0.442 e. The zero-order valence-electron chi connectivity index (χ0n) is 13.2. The number of benzene rings is 1. The number of amides is 2. The first-order chi connectivity index (χ1) is 11.9. The van der Waals surface area contributed by atoms with Crippen molar-refractivity contribution >= 4 is 51.7 Å². The molecule has 1 fully saturated rings. The molecule has 1 saturated heterocycles. The van der Waals surface area contributed by atoms with Crippen LogP contribution in [0.2, 0.25) is 0 Å². The van der Waals surface area contributed by atoms with E-state index in [4.69, 9.17) is 17.0 Å². The molecule has 3 rings (SSSR count). The summed E-state index contributed by atoms with van der Waals surface area (Å²) in [6.45, 7) is 1.84. The Labute approximate surface area is 153 Å². The molecule has 0 radical (unpaired) electrons. The number of nitrogens with zero attached hydrogens (tertiary/aromatic N) is 2. The van der Waals surface area contributed by atoms with Crippen LogP contribution in [0.3, 0.4) is 0 Å². The van der Waals surface area contributed by atoms with Crippen molar-refractivity contribution in [1.29, 1.82) is 0 Å². The third kappa shape index (κ3) is 4.07. The van der Waals surface area contributed by atoms with Crippen molar-refractivity contribution in [2.75, 3.05) is 23.7 Å². The van der Waals surface area contributed by atoms with Crippen LogP contribution in [0.25, 0.3) is 0 Å². The number of hydrazone groups is 1. The van der Waals surface area contributed by atoms with Crippen LogP contribution >= 0.6 is 24.0 Å². The first-order valence-corrected chi connectivity index (χ1v) is 8.85. The van der Waals surface area contributed by atoms with E-state index in [9.17, 15) is 14.0 Å². The van der Waals surface area contributed by atoms with Gasteiger partial charge in [0.2, 0.25) is 5.91 Å². The summed E-state index contributed by atoms with van der Waals surface area (Å²) in [7, 11) is 0. The average molecular weight is 382 g/mol. The van der Waals surface area contributed by atoms with Gasteiger partial charge in [0.1, 0.15) is 22.0 Å². The number of hydrogen-bond acceptors (Lipinski definition) is 6. The predicted octanol–water partition coefficient (Wildman–Crippen LogP) is 1.61. The van der Waals surface area contributed by atoms with Gasteiger partial charge in [-0.05, 0) is 18.2 Å². The lowest BCUT2D eigenvalue weighted by molar-refractivity contribution is -0.119. The third-order valence-corrected chi connectivity index (χ3v) is 5.01. The fraction of sp³-hybridized carbons (Fsp3) is 0.333. The van der Waals surface area contributed by atoms with Crippen molar-refractivity contribution in [2.24, 2.45) is 5.10 Å². The number of hydrogen-bond donors (Lipinski definition) is 2. The van der Waals surface area contributed by atoms with Gasteiger partial charge in [-0.1, -0.05) is 24.0 Å². The summed E-state index contributed by atoms with van der Waals surface area (Å²) in [5, 5.41) is 7.14. The van der Waals surface area contributed by atoms with Gasteiger partial charge in [0, 0.05) is 12.5 Å². The Morgan fingerprint density at radius 3 is 3.04 bits per heavy atom. The molecule has 132 valence electrons. The van der Waals surface area contributed by atoms with Crippen molar-refractivity contribution < 1.29 is 18.7 Å². The fourth-order valence-corrected chi connectivity index (χ4v) is 3.38. The predicted molar refractivity (Wildman–Crippen MR) is 97.4 cm³/mol. The molecule has 0 bridgehead atoms. The van der Waals surface area contributed by atoms with Crippen molar-refractivity contribution in [3.8, 4) is 0 Å². The minimum Gasteiger partial charge on any atom is -0.442 e. The van der Waals surface area contributed by atoms with Crippen LogP contribution in [-0.4, -0.2) is 47.0 Å². The Hall–Kier alpha value is -2.20. The maximum Gasteiger partial charge on any atom is 0.414 e. The molecule has 1 aromatic rings. The number of carbonyl (C=O) groups is 2. The molecule has 2 N–H and O–H groups in total. The van der Waals surface area contributed by atoms with Crippen molar-refractivity contribution in [3.63, 3.8) is 0 Å². The number of rotatable bonds is 4. The van der Waals surface area contributed by atoms with Gasteiger partial charge < -0.3 is 10.1 Å². The highest BCUT2D eigenvalue weighted by molar-refractivity contribution is 8.15. The topological polar surface area (TPSA) is 83.0 Å². The second-order valence-electron chi connectivity index (χ2n) is 5.46. The molecule has 25 heavy (non-hydrogen) atoms. The van der Waals surface area contributed by atoms with Crippen LogP contribution in [0.4, 0.5) is 14.9 Å². The first-order valence-electron chi connectivity index (χ1n) is 7.46. The summed E-state index contributed by atoms with van der Waals surface area (Å²) in [5.74, 6) is -0.154. The molecule has 1 aromatic carbocycles. The highest BCUT2D eigenvalue weighted by Crippen LogP contribution is 2.26. The molecule has 2 aliphatic rings. The highest BCUT2D eigenvalue weighted by Gasteiger charge is 2.33. The Balaban J connectivity index is 1.73. The molecule has 10 heteroatoms. The van der Waals surface area contributed by atoms with Gasteiger partial charge in [-0.15, -0.1) is 0 Å². The minimum atomic E-state index is -0.570. The zero-order valence-corrected chi connectivity index (χ0v) is 14.9. The zero-order chi connectivity index (χ0) is 18.0. The van der Waals surface area contributed by atoms with Crippen LogP contribution in [0, 0.1) is 5.82 Å². The van der Waals surface area contributed by atoms with E-state index >= 15 is 0 Å². The number of ether oxygens (including phenoxy) is 1. The summed E-state index contributed by atoms with van der Waals surface area (Å²) >= 11 is 6.33. The summed E-state index contributed by atoms with van der Waals surface area (Å²) in [6, 6.07) is 4.48. The van der Waals surface area contributed by atoms with E-state index in [1.54, 1.807) is 12.1 Å². The first kappa shape index (κ1) is 17.6. The van der Waals surface area contributed by atoms with Gasteiger partial charge in [0.15, 0.2) is 0 Å². The molecule has 0 saturated carbocycles. The normalized spacial score (nSPS) is 20.0. The lowest BCUT2D eigenvalue weighted by Gasteiger charge is -2.17. The lowest BCUT2D eigenvalue weighted by atomic mass is 10.2. The van der Waals surface area contributed by atoms with E-state index in [1.165, 1.54) is 29.7 Å². The molecule has 1 atom stereocenters. The van der Waals surface area contributed by atoms with Crippen molar-refractivity contribution in [2.45, 2.75) is 13.0 Å². The second kappa shape index (κ2) is 7.36. The fourth-order valence-electron chi connectivity index (χ4n) is 2.39. The Morgan fingerprint density at radius 2 is 2.40 bits per heavy atom. The minimum absolute atomic E-state index is 0.205. The molecule has 0 aromatic heterocycles. The molecule has 2 amide bonds. The SMILES string of the molecule is CC(=O)NC[C@H]1CN(c2ccc(C3=NNC(=S)CS3)c(F)c2)C(=O)O1. The van der Waals surface area contributed by atoms with E-state index in [0.717, 1.165) is 0 Å². The van der Waals surface area contributed by atoms with Gasteiger partial charge in [-0.25, -0.2) is 9.18 Å². The molecular formula is C15H15FN4O3S2. The van der Waals surface area contributed by atoms with E-state index in [-0.39, 0.29) is 19.0 Å². The highest BCUT2D eigenvalue weighted by atomic mass is 32.2. The number of anilines is 1. The van der Waals surface area contributed by atoms with E-state index < -0.39 is 18.0 Å². The number of nitrogens with one attached hydrogen (secondary N) is 2. The van der Waals surface area contributed by atoms with Gasteiger partial charge in [-0.2, -0.15) is 5.10 Å². The maximum absolute atomic E-state index is 14.5. The monoisotopic (exact) mass is 382 g/mol. The van der Waals surface area contributed by atoms with E-state index in [1.807, 2.05) is 0 Å². The average Bonchev–Trinajstić information content (AvgIpc) is 2.95. The van der Waals surface area contributed by atoms with Crippen LogP contribution in [0.1, 0.15) is 12.5 Å². The molecule has 0 spiro atoms. The Bertz CT molecular complexity index is 771. The standard InChI is InChI=1S/C15H15FN4O3S2/c1-8(21)17-5-10-6-20(15(22)23-10)9-2-3-11(12(16)4-9)14-19-18-13(24)7-25-14/h2-4,10H,5-7H2,1H3,(H,17,21)(H,18,24)/t10-/m0/s1.